The quantitative estimate of drug-likeness (QED) is 0.139. The van der Waals surface area contributed by atoms with Crippen molar-refractivity contribution in [2.75, 3.05) is 5.32 Å². The molecule has 3 aromatic rings. The molecule has 2 unspecified atom stereocenters. The van der Waals surface area contributed by atoms with E-state index in [1.807, 2.05) is 0 Å². The van der Waals surface area contributed by atoms with Gasteiger partial charge in [0.25, 0.3) is 11.8 Å². The van der Waals surface area contributed by atoms with E-state index in [1.54, 1.807) is 56.3 Å². The molecule has 2 aliphatic heterocycles. The van der Waals surface area contributed by atoms with E-state index in [0.29, 0.717) is 5.56 Å². The average molecular weight is 689 g/mol. The molecule has 5 rings (SSSR count). The normalized spacial score (nSPS) is 19.4. The van der Waals surface area contributed by atoms with E-state index in [1.165, 1.54) is 47.0 Å². The fourth-order valence-corrected chi connectivity index (χ4v) is 7.32. The van der Waals surface area contributed by atoms with Crippen molar-refractivity contribution in [3.05, 3.63) is 89.5 Å². The van der Waals surface area contributed by atoms with Crippen LogP contribution in [0.2, 0.25) is 0 Å². The second-order valence-electron chi connectivity index (χ2n) is 11.7. The lowest BCUT2D eigenvalue weighted by Gasteiger charge is -2.44. The van der Waals surface area contributed by atoms with Gasteiger partial charge < -0.3 is 35.4 Å². The minimum atomic E-state index is -1.29. The Labute approximate surface area is 284 Å². The van der Waals surface area contributed by atoms with Gasteiger partial charge in [0.15, 0.2) is 11.5 Å². The number of hydrogen-bond donors (Lipinski definition) is 4. The summed E-state index contributed by atoms with van der Waals surface area (Å²) in [7, 11) is 0. The van der Waals surface area contributed by atoms with E-state index in [9.17, 15) is 38.7 Å². The summed E-state index contributed by atoms with van der Waals surface area (Å²) in [5.41, 5.74) is 0.244. The summed E-state index contributed by atoms with van der Waals surface area (Å²) < 4.78 is 9.50. The molecule has 0 radical (unpaired) electrons. The Kier molecular flexibility index (Phi) is 9.75. The summed E-state index contributed by atoms with van der Waals surface area (Å²) in [6.07, 6.45) is 0. The number of nitrogens with one attached hydrogen (secondary N) is 3. The maximum absolute atomic E-state index is 13.8. The summed E-state index contributed by atoms with van der Waals surface area (Å²) in [6, 6.07) is 15.0. The number of rotatable bonds is 10. The van der Waals surface area contributed by atoms with Gasteiger partial charge in [0.1, 0.15) is 23.5 Å². The van der Waals surface area contributed by atoms with Crippen LogP contribution in [0.5, 0.6) is 11.5 Å². The van der Waals surface area contributed by atoms with E-state index in [2.05, 4.69) is 16.0 Å². The maximum Gasteiger partial charge on any atom is 0.327 e. The zero-order valence-electron chi connectivity index (χ0n) is 26.7. The number of carbonyl (C=O) groups is 7. The molecule has 2 saturated heterocycles. The molecule has 0 aliphatic carbocycles. The molecule has 4 amide bonds. The van der Waals surface area contributed by atoms with Gasteiger partial charge in [0.05, 0.1) is 16.8 Å². The molecule has 3 aromatic carbocycles. The molecule has 15 heteroatoms. The van der Waals surface area contributed by atoms with Gasteiger partial charge in [-0.2, -0.15) is 0 Å². The van der Waals surface area contributed by atoms with Crippen LogP contribution in [-0.4, -0.2) is 73.7 Å². The summed E-state index contributed by atoms with van der Waals surface area (Å²) in [5, 5.41) is 17.1. The topological polar surface area (TPSA) is 198 Å². The van der Waals surface area contributed by atoms with Crippen LogP contribution in [0.3, 0.4) is 0 Å². The van der Waals surface area contributed by atoms with Gasteiger partial charge in [0.2, 0.25) is 11.8 Å². The van der Waals surface area contributed by atoms with Crippen LogP contribution in [0.4, 0.5) is 5.69 Å². The van der Waals surface area contributed by atoms with Crippen LogP contribution in [-0.2, 0) is 24.0 Å². The molecule has 0 aromatic heterocycles. The standard InChI is InChI=1S/C34H32N4O10S/c1-17(39)47-23-16-10-14-21(26(23)48-18(2)40)29(42)35-22-15-9-8-13-20(22)28(41)36-24(19-11-6-5-7-12-19)30(43)37-25-31(44)38-27(33(45)46)34(3,4)49-32(25)38/h5-16,24-25,27,32H,1-4H3,(H,35,42)(H,36,41)(H,37,43)(H,45,46)/t24-,25-,27?,32?/m1/s1. The SMILES string of the molecule is CC(=O)Oc1cccc(C(=O)Nc2ccccc2C(=O)N[C@@H](C(=O)N[C@@H]2C(=O)N3C2SC(C)(C)C3C(=O)O)c2ccccc2)c1OC(C)=O. The van der Waals surface area contributed by atoms with Gasteiger partial charge in [0, 0.05) is 18.6 Å². The van der Waals surface area contributed by atoms with Crippen LogP contribution < -0.4 is 25.4 Å². The van der Waals surface area contributed by atoms with Crippen molar-refractivity contribution in [3.63, 3.8) is 0 Å². The fraction of sp³-hybridized carbons (Fsp3) is 0.265. The number of para-hydroxylation sites is 2. The van der Waals surface area contributed by atoms with E-state index >= 15 is 0 Å². The van der Waals surface area contributed by atoms with Crippen molar-refractivity contribution in [3.8, 4) is 11.5 Å². The molecule has 0 spiro atoms. The molecule has 2 aliphatic rings. The monoisotopic (exact) mass is 688 g/mol. The number of fused-ring (bicyclic) bond motifs is 1. The zero-order valence-corrected chi connectivity index (χ0v) is 27.5. The first-order valence-corrected chi connectivity index (χ1v) is 15.9. The van der Waals surface area contributed by atoms with Gasteiger partial charge >= 0.3 is 17.9 Å². The average Bonchev–Trinajstić information content (AvgIpc) is 3.30. The lowest BCUT2D eigenvalue weighted by Crippen LogP contribution is -2.71. The highest BCUT2D eigenvalue weighted by molar-refractivity contribution is 8.01. The Morgan fingerprint density at radius 2 is 1.47 bits per heavy atom. The molecule has 14 nitrogen and oxygen atoms in total. The number of aliphatic carboxylic acids is 1. The van der Waals surface area contributed by atoms with Crippen LogP contribution >= 0.6 is 11.8 Å². The van der Waals surface area contributed by atoms with Crippen LogP contribution in [0, 0.1) is 0 Å². The fourth-order valence-electron chi connectivity index (χ4n) is 5.70. The number of esters is 2. The molecule has 0 bridgehead atoms. The predicted octanol–water partition coefficient (Wildman–Crippen LogP) is 2.89. The predicted molar refractivity (Wildman–Crippen MR) is 176 cm³/mol. The van der Waals surface area contributed by atoms with Crippen LogP contribution in [0.15, 0.2) is 72.8 Å². The second-order valence-corrected chi connectivity index (χ2v) is 13.5. The molecule has 4 atom stereocenters. The number of thioether (sulfide) groups is 1. The number of amides is 4. The highest BCUT2D eigenvalue weighted by atomic mass is 32.2. The minimum Gasteiger partial charge on any atom is -0.480 e. The number of hydrogen-bond acceptors (Lipinski definition) is 10. The first kappa shape index (κ1) is 34.6. The van der Waals surface area contributed by atoms with Gasteiger partial charge in [-0.25, -0.2) is 4.79 Å². The third kappa shape index (κ3) is 7.11. The van der Waals surface area contributed by atoms with Crippen molar-refractivity contribution in [1.29, 1.82) is 0 Å². The minimum absolute atomic E-state index is 0.0296. The van der Waals surface area contributed by atoms with E-state index in [-0.39, 0.29) is 28.3 Å². The smallest absolute Gasteiger partial charge is 0.327 e. The molecule has 254 valence electrons. The Hall–Kier alpha value is -5.70. The number of carboxylic acids is 1. The van der Waals surface area contributed by atoms with E-state index in [4.69, 9.17) is 9.47 Å². The molecular weight excluding hydrogens is 656 g/mol. The number of ether oxygens (including phenoxy) is 2. The molecule has 4 N–H and O–H groups in total. The Bertz CT molecular complexity index is 1860. The molecule has 2 heterocycles. The van der Waals surface area contributed by atoms with Crippen molar-refractivity contribution >= 4 is 59.0 Å². The molecule has 0 saturated carbocycles. The van der Waals surface area contributed by atoms with Crippen molar-refractivity contribution in [2.24, 2.45) is 0 Å². The summed E-state index contributed by atoms with van der Waals surface area (Å²) in [4.78, 5) is 90.6. The maximum atomic E-state index is 13.8. The number of benzene rings is 3. The number of carboxylic acid groups (broad SMARTS) is 1. The zero-order chi connectivity index (χ0) is 35.6. The summed E-state index contributed by atoms with van der Waals surface area (Å²) in [6.45, 7) is 5.70. The molecule has 2 fully saturated rings. The first-order valence-electron chi connectivity index (χ1n) is 15.0. The number of β-lactam (4-membered cyclic amide) rings is 1. The molecule has 49 heavy (non-hydrogen) atoms. The van der Waals surface area contributed by atoms with Crippen molar-refractivity contribution in [2.45, 2.75) is 55.9 Å². The van der Waals surface area contributed by atoms with E-state index in [0.717, 1.165) is 13.8 Å². The van der Waals surface area contributed by atoms with Crippen LogP contribution in [0.25, 0.3) is 0 Å². The summed E-state index contributed by atoms with van der Waals surface area (Å²) >= 11 is 1.27. The largest absolute Gasteiger partial charge is 0.480 e. The third-order valence-electron chi connectivity index (χ3n) is 7.79. The van der Waals surface area contributed by atoms with Crippen LogP contribution in [0.1, 0.15) is 60.0 Å². The highest BCUT2D eigenvalue weighted by Crippen LogP contribution is 2.50. The first-order chi connectivity index (χ1) is 23.2. The van der Waals surface area contributed by atoms with E-state index < -0.39 is 69.8 Å². The number of carbonyl (C=O) groups excluding carboxylic acids is 6. The number of nitrogens with zero attached hydrogens (tertiary/aromatic N) is 1. The van der Waals surface area contributed by atoms with Crippen molar-refractivity contribution < 1.29 is 48.1 Å². The summed E-state index contributed by atoms with van der Waals surface area (Å²) in [5.74, 6) is -5.88. The molecular formula is C34H32N4O10S. The van der Waals surface area contributed by atoms with Gasteiger partial charge in [-0.15, -0.1) is 11.8 Å². The lowest BCUT2D eigenvalue weighted by atomic mass is 9.95. The Balaban J connectivity index is 1.38. The third-order valence-corrected chi connectivity index (χ3v) is 9.36. The second kappa shape index (κ2) is 13.8. The van der Waals surface area contributed by atoms with Crippen molar-refractivity contribution in [1.82, 2.24) is 15.5 Å². The number of anilines is 1. The van der Waals surface area contributed by atoms with Gasteiger partial charge in [-0.05, 0) is 43.7 Å². The Morgan fingerprint density at radius 3 is 2.12 bits per heavy atom. The highest BCUT2D eigenvalue weighted by Gasteiger charge is 2.64. The lowest BCUT2D eigenvalue weighted by molar-refractivity contribution is -0.161. The van der Waals surface area contributed by atoms with Gasteiger partial charge in [-0.3, -0.25) is 28.8 Å². The Morgan fingerprint density at radius 1 is 0.837 bits per heavy atom. The van der Waals surface area contributed by atoms with Gasteiger partial charge in [-0.1, -0.05) is 48.5 Å².